The number of halogens is 2. The first kappa shape index (κ1) is 24.3. The SMILES string of the molecule is Cc1cn2cc(NC(=O)c3cnc(N[C@@H]4CCN(C(=O)OC(C)(C)C)C[C@@H]4F)cn3)cc(F)c2n1. The monoisotopic (exact) mass is 487 g/mol. The smallest absolute Gasteiger partial charge is 0.410 e. The molecule has 10 nitrogen and oxygen atoms in total. The average molecular weight is 488 g/mol. The molecule has 0 spiro atoms. The molecule has 0 aromatic carbocycles. The lowest BCUT2D eigenvalue weighted by atomic mass is 10.0. The van der Waals surface area contributed by atoms with Crippen molar-refractivity contribution >= 4 is 29.2 Å². The van der Waals surface area contributed by atoms with Crippen molar-refractivity contribution in [1.82, 2.24) is 24.3 Å². The number of ether oxygens (including phenoxy) is 1. The second-order valence-corrected chi connectivity index (χ2v) is 9.41. The number of fused-ring (bicyclic) bond motifs is 1. The summed E-state index contributed by atoms with van der Waals surface area (Å²) in [5.74, 6) is -0.852. The second-order valence-electron chi connectivity index (χ2n) is 9.41. The van der Waals surface area contributed by atoms with E-state index >= 15 is 0 Å². The van der Waals surface area contributed by atoms with Crippen molar-refractivity contribution in [2.75, 3.05) is 23.7 Å². The number of amides is 2. The largest absolute Gasteiger partial charge is 0.444 e. The van der Waals surface area contributed by atoms with Crippen molar-refractivity contribution in [1.29, 1.82) is 0 Å². The molecular weight excluding hydrogens is 460 g/mol. The fraction of sp³-hybridized carbons (Fsp3) is 0.435. The molecule has 0 bridgehead atoms. The van der Waals surface area contributed by atoms with E-state index in [0.717, 1.165) is 0 Å². The number of hydrogen-bond acceptors (Lipinski definition) is 7. The van der Waals surface area contributed by atoms with E-state index in [1.54, 1.807) is 40.1 Å². The van der Waals surface area contributed by atoms with Crippen LogP contribution in [-0.2, 0) is 4.74 Å². The number of carbonyl (C=O) groups is 2. The number of aryl methyl sites for hydroxylation is 1. The molecule has 4 heterocycles. The first-order valence-corrected chi connectivity index (χ1v) is 11.2. The third kappa shape index (κ3) is 5.81. The van der Waals surface area contributed by atoms with Crippen molar-refractivity contribution in [3.8, 4) is 0 Å². The molecular formula is C23H27F2N7O3. The summed E-state index contributed by atoms with van der Waals surface area (Å²) in [5, 5.41) is 5.55. The average Bonchev–Trinajstić information content (AvgIpc) is 3.15. The van der Waals surface area contributed by atoms with Crippen molar-refractivity contribution in [3.63, 3.8) is 0 Å². The normalized spacial score (nSPS) is 18.4. The van der Waals surface area contributed by atoms with Gasteiger partial charge >= 0.3 is 6.09 Å². The van der Waals surface area contributed by atoms with Crippen LogP contribution >= 0.6 is 0 Å². The number of pyridine rings is 1. The quantitative estimate of drug-likeness (QED) is 0.578. The van der Waals surface area contributed by atoms with Gasteiger partial charge in [0.25, 0.3) is 5.91 Å². The molecule has 1 saturated heterocycles. The highest BCUT2D eigenvalue weighted by Gasteiger charge is 2.33. The van der Waals surface area contributed by atoms with Gasteiger partial charge in [-0.05, 0) is 34.1 Å². The lowest BCUT2D eigenvalue weighted by Gasteiger charge is -2.36. The Hall–Kier alpha value is -3.83. The summed E-state index contributed by atoms with van der Waals surface area (Å²) in [6.45, 7) is 7.24. The summed E-state index contributed by atoms with van der Waals surface area (Å²) in [6, 6.07) is 0.602. The molecule has 0 radical (unpaired) electrons. The molecule has 186 valence electrons. The van der Waals surface area contributed by atoms with Gasteiger partial charge < -0.3 is 24.7 Å². The number of alkyl halides is 1. The van der Waals surface area contributed by atoms with Gasteiger partial charge in [-0.1, -0.05) is 0 Å². The van der Waals surface area contributed by atoms with Gasteiger partial charge in [0.15, 0.2) is 11.5 Å². The summed E-state index contributed by atoms with van der Waals surface area (Å²) < 4.78 is 35.7. The van der Waals surface area contributed by atoms with Crippen LogP contribution in [0.25, 0.3) is 5.65 Å². The molecule has 2 atom stereocenters. The van der Waals surface area contributed by atoms with Gasteiger partial charge in [0.2, 0.25) is 0 Å². The van der Waals surface area contributed by atoms with Gasteiger partial charge in [-0.2, -0.15) is 0 Å². The number of rotatable bonds is 4. The Kier molecular flexibility index (Phi) is 6.55. The predicted molar refractivity (Wildman–Crippen MR) is 125 cm³/mol. The fourth-order valence-electron chi connectivity index (χ4n) is 3.71. The van der Waals surface area contributed by atoms with Gasteiger partial charge in [0.1, 0.15) is 23.3 Å². The molecule has 1 aliphatic rings. The van der Waals surface area contributed by atoms with Crippen molar-refractivity contribution in [2.45, 2.75) is 51.9 Å². The molecule has 4 rings (SSSR count). The Labute approximate surface area is 200 Å². The van der Waals surface area contributed by atoms with Crippen LogP contribution in [0.3, 0.4) is 0 Å². The van der Waals surface area contributed by atoms with E-state index in [1.807, 2.05) is 0 Å². The van der Waals surface area contributed by atoms with E-state index < -0.39 is 35.6 Å². The van der Waals surface area contributed by atoms with Crippen molar-refractivity contribution in [2.24, 2.45) is 0 Å². The third-order valence-corrected chi connectivity index (χ3v) is 5.30. The maximum absolute atomic E-state index is 14.7. The first-order chi connectivity index (χ1) is 16.5. The lowest BCUT2D eigenvalue weighted by molar-refractivity contribution is 0.0125. The Morgan fingerprint density at radius 3 is 2.63 bits per heavy atom. The number of likely N-dealkylation sites (tertiary alicyclic amines) is 1. The third-order valence-electron chi connectivity index (χ3n) is 5.30. The van der Waals surface area contributed by atoms with E-state index in [0.29, 0.717) is 24.5 Å². The van der Waals surface area contributed by atoms with Crippen LogP contribution in [0.2, 0.25) is 0 Å². The molecule has 1 aliphatic heterocycles. The number of aromatic nitrogens is 4. The highest BCUT2D eigenvalue weighted by Crippen LogP contribution is 2.21. The molecule has 35 heavy (non-hydrogen) atoms. The molecule has 2 amide bonds. The molecule has 0 aliphatic carbocycles. The summed E-state index contributed by atoms with van der Waals surface area (Å²) in [5.41, 5.74) is 0.403. The van der Waals surface area contributed by atoms with Crippen molar-refractivity contribution < 1.29 is 23.1 Å². The van der Waals surface area contributed by atoms with Crippen LogP contribution in [0.1, 0.15) is 43.4 Å². The molecule has 0 unspecified atom stereocenters. The van der Waals surface area contributed by atoms with Crippen LogP contribution in [0.5, 0.6) is 0 Å². The van der Waals surface area contributed by atoms with E-state index in [1.165, 1.54) is 27.8 Å². The lowest BCUT2D eigenvalue weighted by Crippen LogP contribution is -2.51. The molecule has 12 heteroatoms. The number of nitrogens with one attached hydrogen (secondary N) is 2. The summed E-state index contributed by atoms with van der Waals surface area (Å²) >= 11 is 0. The number of carbonyl (C=O) groups excluding carboxylic acids is 2. The Morgan fingerprint density at radius 2 is 1.97 bits per heavy atom. The highest BCUT2D eigenvalue weighted by atomic mass is 19.1. The number of anilines is 2. The van der Waals surface area contributed by atoms with Crippen LogP contribution in [0.4, 0.5) is 25.1 Å². The van der Waals surface area contributed by atoms with E-state index in [-0.39, 0.29) is 23.6 Å². The Balaban J connectivity index is 1.34. The number of nitrogens with zero attached hydrogens (tertiary/aromatic N) is 5. The van der Waals surface area contributed by atoms with Crippen LogP contribution in [0.15, 0.2) is 30.9 Å². The Morgan fingerprint density at radius 1 is 1.20 bits per heavy atom. The minimum atomic E-state index is -1.34. The minimum absolute atomic E-state index is 0.00871. The fourth-order valence-corrected chi connectivity index (χ4v) is 3.71. The predicted octanol–water partition coefficient (Wildman–Crippen LogP) is 3.58. The minimum Gasteiger partial charge on any atom is -0.444 e. The van der Waals surface area contributed by atoms with Gasteiger partial charge in [0.05, 0.1) is 36.4 Å². The molecule has 2 N–H and O–H groups in total. The van der Waals surface area contributed by atoms with Gasteiger partial charge in [-0.25, -0.2) is 28.5 Å². The topological polar surface area (TPSA) is 114 Å². The molecule has 0 saturated carbocycles. The standard InChI is InChI=1S/C23H27F2N7O3/c1-13-10-32-11-14(7-15(24)20(32)28-13)29-21(33)18-8-27-19(9-26-18)30-17-5-6-31(12-16(17)25)22(34)35-23(2,3)4/h7-11,16-17H,5-6,12H2,1-4H3,(H,27,30)(H,29,33)/t16-,17+/m0/s1. The van der Waals surface area contributed by atoms with Crippen molar-refractivity contribution in [3.05, 3.63) is 48.1 Å². The Bertz CT molecular complexity index is 1240. The molecule has 3 aromatic heterocycles. The molecule has 1 fully saturated rings. The van der Waals surface area contributed by atoms with E-state index in [4.69, 9.17) is 4.74 Å². The number of hydrogen-bond donors (Lipinski definition) is 2. The summed E-state index contributed by atoms with van der Waals surface area (Å²) in [6.07, 6.45) is 4.23. The zero-order valence-electron chi connectivity index (χ0n) is 19.9. The zero-order valence-corrected chi connectivity index (χ0v) is 19.9. The van der Waals surface area contributed by atoms with Crippen LogP contribution in [-0.4, -0.2) is 67.2 Å². The van der Waals surface area contributed by atoms with Crippen LogP contribution < -0.4 is 10.6 Å². The molecule has 3 aromatic rings. The number of piperidine rings is 1. The summed E-state index contributed by atoms with van der Waals surface area (Å²) in [4.78, 5) is 38.3. The van der Waals surface area contributed by atoms with Gasteiger partial charge in [-0.15, -0.1) is 0 Å². The maximum atomic E-state index is 14.7. The van der Waals surface area contributed by atoms with Crippen LogP contribution in [0, 0.1) is 12.7 Å². The summed E-state index contributed by atoms with van der Waals surface area (Å²) in [7, 11) is 0. The zero-order chi connectivity index (χ0) is 25.3. The maximum Gasteiger partial charge on any atom is 0.410 e. The second kappa shape index (κ2) is 9.43. The highest BCUT2D eigenvalue weighted by molar-refractivity contribution is 6.02. The number of imidazole rings is 1. The van der Waals surface area contributed by atoms with E-state index in [9.17, 15) is 18.4 Å². The van der Waals surface area contributed by atoms with Gasteiger partial charge in [-0.3, -0.25) is 4.79 Å². The first-order valence-electron chi connectivity index (χ1n) is 11.2. The van der Waals surface area contributed by atoms with E-state index in [2.05, 4.69) is 25.6 Å². The van der Waals surface area contributed by atoms with Gasteiger partial charge in [0, 0.05) is 25.0 Å².